The number of carbonyl (C=O) groups excluding carboxylic acids is 1. The van der Waals surface area contributed by atoms with Crippen LogP contribution in [-0.2, 0) is 9.84 Å². The molecule has 9 heteroatoms. The van der Waals surface area contributed by atoms with Gasteiger partial charge in [0, 0.05) is 17.8 Å². The standard InChI is InChI=1S/C19H19N3O5S/c1-12-6-7-15(8-13(12)2)21-18-11-28(26,27)10-17(18)20(19(21)23)14-4-3-5-16(9-14)22(24)25/h3-9,17-18H,10-11H2,1-2H3. The molecule has 0 bridgehead atoms. The minimum absolute atomic E-state index is 0.123. The number of urea groups is 1. The van der Waals surface area contributed by atoms with Gasteiger partial charge >= 0.3 is 6.03 Å². The summed E-state index contributed by atoms with van der Waals surface area (Å²) in [6, 6.07) is 9.83. The first-order chi connectivity index (χ1) is 13.2. The van der Waals surface area contributed by atoms with Crippen LogP contribution in [0.2, 0.25) is 0 Å². The smallest absolute Gasteiger partial charge is 0.288 e. The first-order valence-electron chi connectivity index (χ1n) is 8.82. The number of non-ortho nitro benzene ring substituents is 1. The van der Waals surface area contributed by atoms with Gasteiger partial charge in [-0.2, -0.15) is 0 Å². The lowest BCUT2D eigenvalue weighted by atomic mass is 10.1. The molecule has 0 aromatic heterocycles. The summed E-state index contributed by atoms with van der Waals surface area (Å²) in [5, 5.41) is 11.1. The molecule has 2 amide bonds. The van der Waals surface area contributed by atoms with Crippen molar-refractivity contribution >= 4 is 32.9 Å². The minimum Gasteiger partial charge on any atom is -0.288 e. The van der Waals surface area contributed by atoms with Gasteiger partial charge in [-0.1, -0.05) is 12.1 Å². The van der Waals surface area contributed by atoms with E-state index in [1.54, 1.807) is 12.1 Å². The molecule has 146 valence electrons. The van der Waals surface area contributed by atoms with Gasteiger partial charge < -0.3 is 0 Å². The van der Waals surface area contributed by atoms with Crippen molar-refractivity contribution in [3.63, 3.8) is 0 Å². The molecule has 0 aliphatic carbocycles. The van der Waals surface area contributed by atoms with E-state index in [0.29, 0.717) is 11.4 Å². The maximum Gasteiger partial charge on any atom is 0.329 e. The molecule has 0 saturated carbocycles. The fraction of sp³-hybridized carbons (Fsp3) is 0.316. The van der Waals surface area contributed by atoms with Crippen LogP contribution in [0, 0.1) is 24.0 Å². The minimum atomic E-state index is -3.32. The maximum atomic E-state index is 13.3. The predicted octanol–water partition coefficient (Wildman–Crippen LogP) is 2.82. The van der Waals surface area contributed by atoms with Crippen molar-refractivity contribution in [2.24, 2.45) is 0 Å². The van der Waals surface area contributed by atoms with Crippen LogP contribution in [0.15, 0.2) is 42.5 Å². The van der Waals surface area contributed by atoms with E-state index in [0.717, 1.165) is 11.1 Å². The number of nitrogens with zero attached hydrogens (tertiary/aromatic N) is 3. The number of nitro benzene ring substituents is 1. The highest BCUT2D eigenvalue weighted by Gasteiger charge is 2.54. The number of fused-ring (bicyclic) bond motifs is 1. The Bertz CT molecular complexity index is 1100. The van der Waals surface area contributed by atoms with Crippen molar-refractivity contribution in [3.8, 4) is 0 Å². The van der Waals surface area contributed by atoms with E-state index < -0.39 is 26.8 Å². The number of hydrogen-bond donors (Lipinski definition) is 0. The first kappa shape index (κ1) is 18.4. The van der Waals surface area contributed by atoms with Gasteiger partial charge in [-0.05, 0) is 43.2 Å². The third-order valence-corrected chi connectivity index (χ3v) is 7.16. The van der Waals surface area contributed by atoms with Crippen LogP contribution in [-0.4, -0.2) is 43.0 Å². The molecule has 2 heterocycles. The van der Waals surface area contributed by atoms with Crippen LogP contribution in [0.5, 0.6) is 0 Å². The molecule has 8 nitrogen and oxygen atoms in total. The van der Waals surface area contributed by atoms with Crippen molar-refractivity contribution in [2.75, 3.05) is 21.3 Å². The third-order valence-electron chi connectivity index (χ3n) is 5.46. The summed E-state index contributed by atoms with van der Waals surface area (Å²) in [5.74, 6) is -0.283. The number of anilines is 2. The van der Waals surface area contributed by atoms with Crippen molar-refractivity contribution in [1.29, 1.82) is 0 Å². The number of rotatable bonds is 3. The predicted molar refractivity (Wildman–Crippen MR) is 106 cm³/mol. The Morgan fingerprint density at radius 2 is 1.57 bits per heavy atom. The van der Waals surface area contributed by atoms with Crippen LogP contribution in [0.1, 0.15) is 11.1 Å². The van der Waals surface area contributed by atoms with E-state index in [4.69, 9.17) is 0 Å². The first-order valence-corrected chi connectivity index (χ1v) is 10.6. The van der Waals surface area contributed by atoms with E-state index in [-0.39, 0.29) is 23.2 Å². The topological polar surface area (TPSA) is 101 Å². The summed E-state index contributed by atoms with van der Waals surface area (Å²) in [7, 11) is -3.32. The summed E-state index contributed by atoms with van der Waals surface area (Å²) < 4.78 is 24.7. The van der Waals surface area contributed by atoms with E-state index in [1.807, 2.05) is 26.0 Å². The average Bonchev–Trinajstić information content (AvgIpc) is 3.06. The number of aryl methyl sites for hydroxylation is 2. The molecule has 4 rings (SSSR count). The lowest BCUT2D eigenvalue weighted by molar-refractivity contribution is -0.384. The second kappa shape index (κ2) is 6.30. The Balaban J connectivity index is 1.82. The van der Waals surface area contributed by atoms with Crippen molar-refractivity contribution in [1.82, 2.24) is 0 Å². The number of nitro groups is 1. The Labute approximate surface area is 162 Å². The van der Waals surface area contributed by atoms with Crippen LogP contribution >= 0.6 is 0 Å². The van der Waals surface area contributed by atoms with Gasteiger partial charge in [0.15, 0.2) is 9.84 Å². The van der Waals surface area contributed by atoms with Crippen LogP contribution in [0.4, 0.5) is 21.9 Å². The number of amides is 2. The molecule has 0 spiro atoms. The second-order valence-electron chi connectivity index (χ2n) is 7.28. The Kier molecular flexibility index (Phi) is 4.15. The summed E-state index contributed by atoms with van der Waals surface area (Å²) in [6.45, 7) is 3.89. The SMILES string of the molecule is Cc1ccc(N2C(=O)N(c3cccc([N+](=O)[O-])c3)C3CS(=O)(=O)CC32)cc1C. The molecular formula is C19H19N3O5S. The highest BCUT2D eigenvalue weighted by molar-refractivity contribution is 7.91. The molecule has 2 aromatic carbocycles. The van der Waals surface area contributed by atoms with Gasteiger partial charge in [0.25, 0.3) is 5.69 Å². The largest absolute Gasteiger partial charge is 0.329 e. The van der Waals surface area contributed by atoms with Crippen molar-refractivity contribution in [2.45, 2.75) is 25.9 Å². The monoisotopic (exact) mass is 401 g/mol. The quantitative estimate of drug-likeness (QED) is 0.447. The lowest BCUT2D eigenvalue weighted by Gasteiger charge is -2.23. The van der Waals surface area contributed by atoms with Gasteiger partial charge in [-0.25, -0.2) is 13.2 Å². The molecule has 28 heavy (non-hydrogen) atoms. The normalized spacial score (nSPS) is 23.1. The van der Waals surface area contributed by atoms with Gasteiger partial charge in [-0.15, -0.1) is 0 Å². The summed E-state index contributed by atoms with van der Waals surface area (Å²) in [5.41, 5.74) is 2.89. The van der Waals surface area contributed by atoms with Crippen LogP contribution in [0.25, 0.3) is 0 Å². The van der Waals surface area contributed by atoms with E-state index in [2.05, 4.69) is 0 Å². The zero-order valence-electron chi connectivity index (χ0n) is 15.4. The summed E-state index contributed by atoms with van der Waals surface area (Å²) >= 11 is 0. The second-order valence-corrected chi connectivity index (χ2v) is 9.43. The molecule has 2 fully saturated rings. The van der Waals surface area contributed by atoms with Gasteiger partial charge in [0.05, 0.1) is 34.2 Å². The molecule has 2 saturated heterocycles. The molecule has 2 atom stereocenters. The van der Waals surface area contributed by atoms with Gasteiger partial charge in [0.2, 0.25) is 0 Å². The fourth-order valence-electron chi connectivity index (χ4n) is 3.94. The Hall–Kier alpha value is -2.94. The van der Waals surface area contributed by atoms with E-state index in [1.165, 1.54) is 28.0 Å². The molecule has 2 aliphatic rings. The molecule has 0 N–H and O–H groups in total. The van der Waals surface area contributed by atoms with Gasteiger partial charge in [-0.3, -0.25) is 19.9 Å². The number of benzene rings is 2. The third kappa shape index (κ3) is 2.91. The van der Waals surface area contributed by atoms with E-state index >= 15 is 0 Å². The highest BCUT2D eigenvalue weighted by Crippen LogP contribution is 2.39. The zero-order chi connectivity index (χ0) is 20.2. The van der Waals surface area contributed by atoms with Gasteiger partial charge in [0.1, 0.15) is 0 Å². The maximum absolute atomic E-state index is 13.3. The number of hydrogen-bond acceptors (Lipinski definition) is 5. The molecule has 2 aliphatic heterocycles. The Morgan fingerprint density at radius 3 is 2.14 bits per heavy atom. The van der Waals surface area contributed by atoms with Crippen LogP contribution in [0.3, 0.4) is 0 Å². The lowest BCUT2D eigenvalue weighted by Crippen LogP contribution is -2.38. The molecular weight excluding hydrogens is 382 g/mol. The summed E-state index contributed by atoms with van der Waals surface area (Å²) in [4.78, 5) is 26.8. The van der Waals surface area contributed by atoms with Crippen LogP contribution < -0.4 is 9.80 Å². The highest BCUT2D eigenvalue weighted by atomic mass is 32.2. The molecule has 0 radical (unpaired) electrons. The molecule has 2 unspecified atom stereocenters. The zero-order valence-corrected chi connectivity index (χ0v) is 16.2. The number of carbonyl (C=O) groups is 1. The fourth-order valence-corrected chi connectivity index (χ4v) is 5.86. The average molecular weight is 401 g/mol. The number of sulfone groups is 1. The Morgan fingerprint density at radius 1 is 0.964 bits per heavy atom. The van der Waals surface area contributed by atoms with Crippen molar-refractivity contribution < 1.29 is 18.1 Å². The van der Waals surface area contributed by atoms with E-state index in [9.17, 15) is 23.3 Å². The molecule has 2 aromatic rings. The van der Waals surface area contributed by atoms with Crippen molar-refractivity contribution in [3.05, 3.63) is 63.7 Å². The summed E-state index contributed by atoms with van der Waals surface area (Å²) in [6.07, 6.45) is 0.